The molecule has 3 aliphatic rings. The van der Waals surface area contributed by atoms with Crippen LogP contribution in [0.4, 0.5) is 5.69 Å². The molecule has 2 aliphatic heterocycles. The predicted molar refractivity (Wildman–Crippen MR) is 131 cm³/mol. The highest BCUT2D eigenvalue weighted by Gasteiger charge is 2.59. The maximum absolute atomic E-state index is 5.95. The van der Waals surface area contributed by atoms with Crippen LogP contribution >= 0.6 is 24.0 Å². The highest BCUT2D eigenvalue weighted by molar-refractivity contribution is 14.0. The molecule has 4 rings (SSSR count). The lowest BCUT2D eigenvalue weighted by Crippen LogP contribution is -2.68. The Bertz CT molecular complexity index is 705. The van der Waals surface area contributed by atoms with Crippen molar-refractivity contribution < 1.29 is 4.74 Å². The molecule has 4 atom stereocenters. The van der Waals surface area contributed by atoms with Crippen LogP contribution in [0.15, 0.2) is 29.3 Å². The number of benzene rings is 1. The van der Waals surface area contributed by atoms with Crippen molar-refractivity contribution in [2.75, 3.05) is 31.1 Å². The number of ether oxygens (including phenoxy) is 1. The van der Waals surface area contributed by atoms with Crippen LogP contribution in [0.3, 0.4) is 0 Å². The van der Waals surface area contributed by atoms with Gasteiger partial charge in [0, 0.05) is 55.3 Å². The van der Waals surface area contributed by atoms with Crippen molar-refractivity contribution in [2.24, 2.45) is 16.3 Å². The molecule has 4 unspecified atom stereocenters. The first-order valence-corrected chi connectivity index (χ1v) is 11.0. The number of halogens is 1. The van der Waals surface area contributed by atoms with Gasteiger partial charge in [0.15, 0.2) is 5.96 Å². The van der Waals surface area contributed by atoms with Gasteiger partial charge in [-0.05, 0) is 45.2 Å². The Kier molecular flexibility index (Phi) is 7.36. The molecule has 2 heterocycles. The van der Waals surface area contributed by atoms with Crippen molar-refractivity contribution in [3.8, 4) is 0 Å². The fourth-order valence-electron chi connectivity index (χ4n) is 5.33. The zero-order valence-electron chi connectivity index (χ0n) is 18.3. The summed E-state index contributed by atoms with van der Waals surface area (Å²) in [5.41, 5.74) is 2.80. The summed E-state index contributed by atoms with van der Waals surface area (Å²) in [7, 11) is 0. The van der Waals surface area contributed by atoms with Crippen molar-refractivity contribution in [3.63, 3.8) is 0 Å². The van der Waals surface area contributed by atoms with Gasteiger partial charge in [-0.3, -0.25) is 4.99 Å². The number of piperidine rings is 1. The van der Waals surface area contributed by atoms with Crippen LogP contribution in [-0.2, 0) is 4.74 Å². The lowest BCUT2D eigenvalue weighted by molar-refractivity contribution is -0.106. The van der Waals surface area contributed by atoms with Crippen LogP contribution in [0.5, 0.6) is 0 Å². The summed E-state index contributed by atoms with van der Waals surface area (Å²) in [5.74, 6) is 1.59. The van der Waals surface area contributed by atoms with Gasteiger partial charge in [-0.15, -0.1) is 24.0 Å². The molecule has 0 spiro atoms. The minimum Gasteiger partial charge on any atom is -0.377 e. The summed E-state index contributed by atoms with van der Waals surface area (Å²) in [6, 6.07) is 9.76. The molecule has 2 N–H and O–H groups in total. The maximum Gasteiger partial charge on any atom is 0.191 e. The first kappa shape index (κ1) is 22.7. The number of rotatable bonds is 4. The van der Waals surface area contributed by atoms with Crippen LogP contribution in [-0.4, -0.2) is 50.4 Å². The average Bonchev–Trinajstić information content (AvgIpc) is 3.14. The summed E-state index contributed by atoms with van der Waals surface area (Å²) < 4.78 is 5.95. The van der Waals surface area contributed by atoms with Gasteiger partial charge in [-0.25, -0.2) is 0 Å². The largest absolute Gasteiger partial charge is 0.377 e. The number of hydrogen-bond acceptors (Lipinski definition) is 3. The van der Waals surface area contributed by atoms with Gasteiger partial charge >= 0.3 is 0 Å². The normalized spacial score (nSPS) is 30.8. The number of aryl methyl sites for hydroxylation is 1. The minimum atomic E-state index is 0. The number of anilines is 1. The maximum atomic E-state index is 5.95. The zero-order chi connectivity index (χ0) is 19.7. The smallest absolute Gasteiger partial charge is 0.191 e. The van der Waals surface area contributed by atoms with Gasteiger partial charge in [0.2, 0.25) is 0 Å². The van der Waals surface area contributed by atoms with E-state index in [1.165, 1.54) is 24.1 Å². The molecule has 2 saturated heterocycles. The van der Waals surface area contributed by atoms with E-state index in [0.29, 0.717) is 24.1 Å². The third kappa shape index (κ3) is 4.68. The van der Waals surface area contributed by atoms with Gasteiger partial charge in [0.05, 0.1) is 6.10 Å². The van der Waals surface area contributed by atoms with E-state index in [9.17, 15) is 0 Å². The monoisotopic (exact) mass is 512 g/mol. The van der Waals surface area contributed by atoms with Crippen LogP contribution in [0.25, 0.3) is 0 Å². The summed E-state index contributed by atoms with van der Waals surface area (Å²) in [5, 5.41) is 7.51. The Labute approximate surface area is 193 Å². The number of aliphatic imine (C=N–C) groups is 1. The molecule has 5 nitrogen and oxygen atoms in total. The van der Waals surface area contributed by atoms with Gasteiger partial charge in [-0.2, -0.15) is 0 Å². The average molecular weight is 512 g/mol. The Hall–Kier alpha value is -1.02. The van der Waals surface area contributed by atoms with Crippen LogP contribution in [0.2, 0.25) is 0 Å². The SMILES string of the molecule is CCN=C(NC1CCCN(c2ccc(C)cc2)C1)NC1C2CCOC2C1(C)C.I. The molecule has 1 aliphatic carbocycles. The van der Waals surface area contributed by atoms with Crippen LogP contribution in [0, 0.1) is 18.3 Å². The van der Waals surface area contributed by atoms with E-state index in [-0.39, 0.29) is 29.4 Å². The van der Waals surface area contributed by atoms with Crippen molar-refractivity contribution in [2.45, 2.75) is 65.1 Å². The molecule has 0 amide bonds. The lowest BCUT2D eigenvalue weighted by atomic mass is 9.57. The molecule has 0 radical (unpaired) electrons. The van der Waals surface area contributed by atoms with Crippen molar-refractivity contribution in [1.82, 2.24) is 10.6 Å². The molecule has 6 heteroatoms. The highest BCUT2D eigenvalue weighted by Crippen LogP contribution is 2.52. The van der Waals surface area contributed by atoms with E-state index >= 15 is 0 Å². The van der Waals surface area contributed by atoms with E-state index in [2.05, 4.69) is 67.5 Å². The van der Waals surface area contributed by atoms with E-state index in [0.717, 1.165) is 38.6 Å². The summed E-state index contributed by atoms with van der Waals surface area (Å²) in [6.07, 6.45) is 3.96. The van der Waals surface area contributed by atoms with E-state index in [1.807, 2.05) is 0 Å². The third-order valence-corrected chi connectivity index (χ3v) is 6.87. The van der Waals surface area contributed by atoms with Crippen molar-refractivity contribution in [3.05, 3.63) is 29.8 Å². The summed E-state index contributed by atoms with van der Waals surface area (Å²) in [4.78, 5) is 7.26. The Balaban J connectivity index is 0.00000240. The fourth-order valence-corrected chi connectivity index (χ4v) is 5.33. The first-order chi connectivity index (χ1) is 13.5. The van der Waals surface area contributed by atoms with Crippen LogP contribution in [0.1, 0.15) is 45.6 Å². The summed E-state index contributed by atoms with van der Waals surface area (Å²) in [6.45, 7) is 12.7. The number of fused-ring (bicyclic) bond motifs is 1. The fraction of sp³-hybridized carbons (Fsp3) is 0.696. The third-order valence-electron chi connectivity index (χ3n) is 6.87. The molecular formula is C23H37IN4O. The van der Waals surface area contributed by atoms with Gasteiger partial charge in [0.25, 0.3) is 0 Å². The molecule has 162 valence electrons. The standard InChI is InChI=1S/C23H36N4O.HI/c1-5-24-22(26-20-19-12-14-28-21(19)23(20,3)4)25-17-7-6-13-27(15-17)18-10-8-16(2)9-11-18;/h8-11,17,19-21H,5-7,12-15H2,1-4H3,(H2,24,25,26);1H. The Morgan fingerprint density at radius 3 is 2.69 bits per heavy atom. The molecule has 3 fully saturated rings. The Morgan fingerprint density at radius 2 is 1.97 bits per heavy atom. The van der Waals surface area contributed by atoms with Gasteiger partial charge in [-0.1, -0.05) is 31.5 Å². The predicted octanol–water partition coefficient (Wildman–Crippen LogP) is 3.95. The second-order valence-electron chi connectivity index (χ2n) is 9.28. The molecule has 1 saturated carbocycles. The number of guanidine groups is 1. The second-order valence-corrected chi connectivity index (χ2v) is 9.28. The highest BCUT2D eigenvalue weighted by atomic mass is 127. The van der Waals surface area contributed by atoms with E-state index < -0.39 is 0 Å². The molecule has 1 aromatic carbocycles. The van der Waals surface area contributed by atoms with Crippen LogP contribution < -0.4 is 15.5 Å². The van der Waals surface area contributed by atoms with Gasteiger partial charge < -0.3 is 20.3 Å². The number of hydrogen-bond donors (Lipinski definition) is 2. The second kappa shape index (κ2) is 9.41. The van der Waals surface area contributed by atoms with E-state index in [4.69, 9.17) is 9.73 Å². The minimum absolute atomic E-state index is 0. The summed E-state index contributed by atoms with van der Waals surface area (Å²) >= 11 is 0. The zero-order valence-corrected chi connectivity index (χ0v) is 20.6. The lowest BCUT2D eigenvalue weighted by Gasteiger charge is -2.55. The first-order valence-electron chi connectivity index (χ1n) is 11.0. The molecular weight excluding hydrogens is 475 g/mol. The van der Waals surface area contributed by atoms with Crippen molar-refractivity contribution in [1.29, 1.82) is 0 Å². The molecule has 0 aromatic heterocycles. The van der Waals surface area contributed by atoms with Gasteiger partial charge in [0.1, 0.15) is 0 Å². The Morgan fingerprint density at radius 1 is 1.21 bits per heavy atom. The van der Waals surface area contributed by atoms with E-state index in [1.54, 1.807) is 0 Å². The topological polar surface area (TPSA) is 48.9 Å². The molecule has 1 aromatic rings. The molecule has 0 bridgehead atoms. The quantitative estimate of drug-likeness (QED) is 0.365. The molecule has 29 heavy (non-hydrogen) atoms. The van der Waals surface area contributed by atoms with Crippen molar-refractivity contribution >= 4 is 35.6 Å². The number of nitrogens with one attached hydrogen (secondary N) is 2. The number of nitrogens with zero attached hydrogens (tertiary/aromatic N) is 2.